The van der Waals surface area contributed by atoms with E-state index in [1.54, 1.807) is 0 Å². The molecule has 1 N–H and O–H groups in total. The summed E-state index contributed by atoms with van der Waals surface area (Å²) in [5.41, 5.74) is -0.443. The van der Waals surface area contributed by atoms with Crippen LogP contribution in [0, 0.1) is 0 Å². The van der Waals surface area contributed by atoms with Crippen LogP contribution in [0.1, 0.15) is 26.2 Å². The smallest absolute Gasteiger partial charge is 0.323 e. The Morgan fingerprint density at radius 2 is 2.21 bits per heavy atom. The minimum Gasteiger partial charge on any atom is -0.480 e. The third-order valence-electron chi connectivity index (χ3n) is 3.25. The third kappa shape index (κ3) is 1.10. The van der Waals surface area contributed by atoms with E-state index in [1.807, 2.05) is 6.92 Å². The number of hydrogen-bond acceptors (Lipinski definition) is 3. The number of hydrogen-bond donors (Lipinski definition) is 1. The van der Waals surface area contributed by atoms with E-state index >= 15 is 0 Å². The maximum Gasteiger partial charge on any atom is 0.323 e. The molecule has 0 saturated carbocycles. The molecule has 5 nitrogen and oxygen atoms in total. The second-order valence-corrected chi connectivity index (χ2v) is 6.29. The maximum atomic E-state index is 11.8. The standard InChI is InChI=1S/C8H13NO4S/c1-8-3-2-4-9(8)14(12,13)6(5-8)7(10)11/h6H,2-5H2,1H3,(H,10,11)/t6-,8+/m0/s1. The lowest BCUT2D eigenvalue weighted by molar-refractivity contribution is -0.136. The van der Waals surface area contributed by atoms with Crippen LogP contribution in [0.5, 0.6) is 0 Å². The van der Waals surface area contributed by atoms with E-state index in [4.69, 9.17) is 5.11 Å². The van der Waals surface area contributed by atoms with Crippen molar-refractivity contribution in [2.45, 2.75) is 37.0 Å². The largest absolute Gasteiger partial charge is 0.480 e. The van der Waals surface area contributed by atoms with E-state index in [1.165, 1.54) is 4.31 Å². The third-order valence-corrected chi connectivity index (χ3v) is 5.57. The van der Waals surface area contributed by atoms with Crippen LogP contribution >= 0.6 is 0 Å². The topological polar surface area (TPSA) is 74.7 Å². The van der Waals surface area contributed by atoms with E-state index < -0.39 is 26.8 Å². The van der Waals surface area contributed by atoms with Gasteiger partial charge >= 0.3 is 5.97 Å². The number of carboxylic acids is 1. The van der Waals surface area contributed by atoms with Crippen molar-refractivity contribution in [2.24, 2.45) is 0 Å². The number of nitrogens with zero attached hydrogens (tertiary/aromatic N) is 1. The van der Waals surface area contributed by atoms with Crippen molar-refractivity contribution in [3.8, 4) is 0 Å². The summed E-state index contributed by atoms with van der Waals surface area (Å²) in [6.45, 7) is 2.31. The van der Waals surface area contributed by atoms with Gasteiger partial charge in [0.05, 0.1) is 0 Å². The van der Waals surface area contributed by atoms with Crippen LogP contribution in [0.2, 0.25) is 0 Å². The summed E-state index contributed by atoms with van der Waals surface area (Å²) in [5.74, 6) is -1.22. The first kappa shape index (κ1) is 9.92. The highest BCUT2D eigenvalue weighted by molar-refractivity contribution is 7.90. The van der Waals surface area contributed by atoms with Gasteiger partial charge in [-0.1, -0.05) is 0 Å². The predicted molar refractivity (Wildman–Crippen MR) is 49.3 cm³/mol. The van der Waals surface area contributed by atoms with Gasteiger partial charge in [-0.05, 0) is 26.2 Å². The zero-order valence-corrected chi connectivity index (χ0v) is 8.75. The average molecular weight is 219 g/mol. The van der Waals surface area contributed by atoms with Crippen molar-refractivity contribution in [1.29, 1.82) is 0 Å². The van der Waals surface area contributed by atoms with Gasteiger partial charge in [0.1, 0.15) is 0 Å². The first-order valence-corrected chi connectivity index (χ1v) is 6.13. The van der Waals surface area contributed by atoms with Crippen molar-refractivity contribution in [3.63, 3.8) is 0 Å². The SMILES string of the molecule is C[C@]12CCCN1S(=O)(=O)[C@H](C(=O)O)C2. The fourth-order valence-corrected chi connectivity index (χ4v) is 4.80. The maximum absolute atomic E-state index is 11.8. The molecule has 2 rings (SSSR count). The Kier molecular flexibility index (Phi) is 1.91. The van der Waals surface area contributed by atoms with Crippen LogP contribution in [0.15, 0.2) is 0 Å². The van der Waals surface area contributed by atoms with Crippen LogP contribution in [-0.4, -0.2) is 41.1 Å². The monoisotopic (exact) mass is 219 g/mol. The van der Waals surface area contributed by atoms with Crippen LogP contribution in [0.3, 0.4) is 0 Å². The Balaban J connectivity index is 2.44. The van der Waals surface area contributed by atoms with Gasteiger partial charge in [-0.3, -0.25) is 4.79 Å². The molecular formula is C8H13NO4S. The van der Waals surface area contributed by atoms with E-state index in [9.17, 15) is 13.2 Å². The highest BCUT2D eigenvalue weighted by Crippen LogP contribution is 2.43. The molecule has 0 aliphatic carbocycles. The number of carbonyl (C=O) groups is 1. The van der Waals surface area contributed by atoms with Crippen molar-refractivity contribution >= 4 is 16.0 Å². The lowest BCUT2D eigenvalue weighted by atomic mass is 9.94. The summed E-state index contributed by atoms with van der Waals surface area (Å²) < 4.78 is 24.9. The van der Waals surface area contributed by atoms with Gasteiger partial charge in [-0.15, -0.1) is 0 Å². The summed E-state index contributed by atoms with van der Waals surface area (Å²) >= 11 is 0. The molecule has 80 valence electrons. The van der Waals surface area contributed by atoms with Crippen LogP contribution in [0.25, 0.3) is 0 Å². The zero-order chi connectivity index (χ0) is 10.6. The summed E-state index contributed by atoms with van der Waals surface area (Å²) in [6, 6.07) is 0. The number of aliphatic carboxylic acids is 1. The van der Waals surface area contributed by atoms with Gasteiger partial charge < -0.3 is 5.11 Å². The van der Waals surface area contributed by atoms with Crippen molar-refractivity contribution < 1.29 is 18.3 Å². The molecule has 2 aliphatic heterocycles. The number of sulfonamides is 1. The fraction of sp³-hybridized carbons (Fsp3) is 0.875. The van der Waals surface area contributed by atoms with Crippen LogP contribution in [-0.2, 0) is 14.8 Å². The lowest BCUT2D eigenvalue weighted by Gasteiger charge is -2.24. The predicted octanol–water partition coefficient (Wildman–Crippen LogP) is 0.0276. The quantitative estimate of drug-likeness (QED) is 0.675. The molecule has 2 saturated heterocycles. The Morgan fingerprint density at radius 3 is 2.71 bits per heavy atom. The first-order chi connectivity index (χ1) is 6.38. The summed E-state index contributed by atoms with van der Waals surface area (Å²) in [7, 11) is -3.59. The zero-order valence-electron chi connectivity index (χ0n) is 7.93. The molecule has 0 aromatic rings. The molecular weight excluding hydrogens is 206 g/mol. The number of rotatable bonds is 1. The molecule has 0 aromatic heterocycles. The van der Waals surface area contributed by atoms with Gasteiger partial charge in [0.2, 0.25) is 10.0 Å². The van der Waals surface area contributed by atoms with E-state index in [-0.39, 0.29) is 6.42 Å². The fourth-order valence-electron chi connectivity index (χ4n) is 2.51. The normalized spacial score (nSPS) is 41.1. The lowest BCUT2D eigenvalue weighted by Crippen LogP contribution is -2.38. The van der Waals surface area contributed by atoms with Crippen LogP contribution < -0.4 is 0 Å². The molecule has 0 unspecified atom stereocenters. The summed E-state index contributed by atoms with van der Waals surface area (Å²) in [4.78, 5) is 10.8. The second kappa shape index (κ2) is 2.70. The Morgan fingerprint density at radius 1 is 1.57 bits per heavy atom. The molecule has 0 radical (unpaired) electrons. The van der Waals surface area contributed by atoms with E-state index in [2.05, 4.69) is 0 Å². The minimum absolute atomic E-state index is 0.227. The van der Waals surface area contributed by atoms with Crippen molar-refractivity contribution in [3.05, 3.63) is 0 Å². The van der Waals surface area contributed by atoms with Gasteiger partial charge in [0.25, 0.3) is 0 Å². The molecule has 0 aromatic carbocycles. The van der Waals surface area contributed by atoms with Gasteiger partial charge in [-0.2, -0.15) is 4.31 Å². The molecule has 2 fully saturated rings. The van der Waals surface area contributed by atoms with Crippen LogP contribution in [0.4, 0.5) is 0 Å². The Hall–Kier alpha value is -0.620. The molecule has 14 heavy (non-hydrogen) atoms. The molecule has 6 heteroatoms. The van der Waals surface area contributed by atoms with Crippen molar-refractivity contribution in [2.75, 3.05) is 6.54 Å². The average Bonchev–Trinajstić information content (AvgIpc) is 2.50. The molecule has 2 atom stereocenters. The Labute approximate surface area is 82.8 Å². The molecule has 2 aliphatic rings. The Bertz CT molecular complexity index is 377. The first-order valence-electron chi connectivity index (χ1n) is 4.62. The van der Waals surface area contributed by atoms with Gasteiger partial charge in [0, 0.05) is 12.1 Å². The van der Waals surface area contributed by atoms with Crippen molar-refractivity contribution in [1.82, 2.24) is 4.31 Å². The highest BCUT2D eigenvalue weighted by Gasteiger charge is 2.57. The van der Waals surface area contributed by atoms with Gasteiger partial charge in [0.15, 0.2) is 5.25 Å². The second-order valence-electron chi connectivity index (χ2n) is 4.25. The molecule has 2 heterocycles. The highest BCUT2D eigenvalue weighted by atomic mass is 32.2. The minimum atomic E-state index is -3.59. The molecule has 0 amide bonds. The van der Waals surface area contributed by atoms with Gasteiger partial charge in [-0.25, -0.2) is 8.42 Å². The summed E-state index contributed by atoms with van der Waals surface area (Å²) in [5, 5.41) is 7.58. The summed E-state index contributed by atoms with van der Waals surface area (Å²) in [6.07, 6.45) is 1.84. The van der Waals surface area contributed by atoms with E-state index in [0.29, 0.717) is 6.54 Å². The number of carboxylic acid groups (broad SMARTS) is 1. The number of fused-ring (bicyclic) bond motifs is 1. The van der Waals surface area contributed by atoms with E-state index in [0.717, 1.165) is 12.8 Å². The molecule has 0 spiro atoms. The molecule has 0 bridgehead atoms.